The van der Waals surface area contributed by atoms with E-state index < -0.39 is 17.9 Å². The molecular formula is C12H11NO4. The van der Waals surface area contributed by atoms with E-state index in [0.29, 0.717) is 11.3 Å². The van der Waals surface area contributed by atoms with Gasteiger partial charge >= 0.3 is 11.9 Å². The van der Waals surface area contributed by atoms with Crippen molar-refractivity contribution >= 4 is 23.5 Å². The summed E-state index contributed by atoms with van der Waals surface area (Å²) in [5.74, 6) is -1.79. The van der Waals surface area contributed by atoms with Crippen LogP contribution in [0.5, 0.6) is 0 Å². The number of nitrogens with one attached hydrogen (secondary N) is 1. The third-order valence-electron chi connectivity index (χ3n) is 2.48. The van der Waals surface area contributed by atoms with Gasteiger partial charge in [0, 0.05) is 12.6 Å². The first-order valence-corrected chi connectivity index (χ1v) is 5.18. The second-order valence-electron chi connectivity index (χ2n) is 3.86. The molecule has 1 aromatic rings. The molecule has 0 bridgehead atoms. The van der Waals surface area contributed by atoms with Gasteiger partial charge in [0.05, 0.1) is 12.3 Å². The molecule has 1 aliphatic rings. The van der Waals surface area contributed by atoms with Crippen molar-refractivity contribution in [1.82, 2.24) is 0 Å². The molecule has 2 rings (SSSR count). The van der Waals surface area contributed by atoms with E-state index in [0.717, 1.165) is 0 Å². The van der Waals surface area contributed by atoms with Crippen molar-refractivity contribution in [2.24, 2.45) is 0 Å². The molecule has 1 saturated heterocycles. The quantitative estimate of drug-likeness (QED) is 0.615. The van der Waals surface area contributed by atoms with Gasteiger partial charge in [0.15, 0.2) is 0 Å². The smallest absolute Gasteiger partial charge is 0.321 e. The molecular weight excluding hydrogens is 222 g/mol. The lowest BCUT2D eigenvalue weighted by molar-refractivity contribution is -0.152. The Morgan fingerprint density at radius 2 is 2.18 bits per heavy atom. The van der Waals surface area contributed by atoms with Crippen LogP contribution in [0.4, 0.5) is 5.69 Å². The third kappa shape index (κ3) is 2.50. The average molecular weight is 233 g/mol. The minimum absolute atomic E-state index is 0.0579. The number of hydrogen-bond donors (Lipinski definition) is 1. The molecule has 1 N–H and O–H groups in total. The molecule has 0 spiro atoms. The fourth-order valence-electron chi connectivity index (χ4n) is 1.77. The monoisotopic (exact) mass is 233 g/mol. The summed E-state index contributed by atoms with van der Waals surface area (Å²) in [6.07, 6.45) is 0.0579. The lowest BCUT2D eigenvalue weighted by atomic mass is 9.97. The van der Waals surface area contributed by atoms with E-state index in [9.17, 15) is 14.4 Å². The van der Waals surface area contributed by atoms with Gasteiger partial charge in [-0.15, -0.1) is 0 Å². The van der Waals surface area contributed by atoms with Gasteiger partial charge in [-0.05, 0) is 17.7 Å². The number of cyclic esters (lactones) is 2. The van der Waals surface area contributed by atoms with Crippen LogP contribution >= 0.6 is 0 Å². The zero-order chi connectivity index (χ0) is 12.4. The first-order valence-electron chi connectivity index (χ1n) is 5.18. The molecule has 1 amide bonds. The van der Waals surface area contributed by atoms with E-state index >= 15 is 0 Å². The average Bonchev–Trinajstić information content (AvgIpc) is 2.57. The third-order valence-corrected chi connectivity index (χ3v) is 2.48. The minimum Gasteiger partial charge on any atom is -0.393 e. The van der Waals surface area contributed by atoms with Crippen molar-refractivity contribution in [1.29, 1.82) is 0 Å². The molecule has 0 aliphatic carbocycles. The summed E-state index contributed by atoms with van der Waals surface area (Å²) in [5.41, 5.74) is 1.27. The fraction of sp³-hybridized carbons (Fsp3) is 0.250. The Kier molecular flexibility index (Phi) is 2.91. The maximum Gasteiger partial charge on any atom is 0.321 e. The first-order chi connectivity index (χ1) is 8.06. The molecule has 1 aliphatic heterocycles. The van der Waals surface area contributed by atoms with E-state index in [1.165, 1.54) is 6.92 Å². The van der Waals surface area contributed by atoms with Gasteiger partial charge in [0.1, 0.15) is 0 Å². The number of hydrogen-bond acceptors (Lipinski definition) is 4. The van der Waals surface area contributed by atoms with E-state index in [1.807, 2.05) is 0 Å². The lowest BCUT2D eigenvalue weighted by Crippen LogP contribution is -2.08. The highest BCUT2D eigenvalue weighted by molar-refractivity contribution is 5.98. The predicted molar refractivity (Wildman–Crippen MR) is 59.2 cm³/mol. The molecule has 1 atom stereocenters. The number of benzene rings is 1. The van der Waals surface area contributed by atoms with Gasteiger partial charge in [-0.25, -0.2) is 0 Å². The Bertz CT molecular complexity index is 495. The van der Waals surface area contributed by atoms with Crippen LogP contribution in [-0.2, 0) is 19.1 Å². The van der Waals surface area contributed by atoms with Crippen LogP contribution in [0.15, 0.2) is 24.3 Å². The van der Waals surface area contributed by atoms with Crippen molar-refractivity contribution in [2.45, 2.75) is 19.3 Å². The molecule has 0 aromatic heterocycles. The molecule has 1 unspecified atom stereocenters. The number of carbonyl (C=O) groups is 3. The molecule has 5 heteroatoms. The highest BCUT2D eigenvalue weighted by Crippen LogP contribution is 2.28. The molecule has 1 aromatic carbocycles. The molecule has 0 saturated carbocycles. The molecule has 5 nitrogen and oxygen atoms in total. The number of anilines is 1. The van der Waals surface area contributed by atoms with Gasteiger partial charge in [-0.2, -0.15) is 0 Å². The van der Waals surface area contributed by atoms with Gasteiger partial charge in [-0.3, -0.25) is 14.4 Å². The SMILES string of the molecule is CC(=O)Nc1cccc(C2CC(=O)OC2=O)c1. The van der Waals surface area contributed by atoms with Crippen LogP contribution in [0.3, 0.4) is 0 Å². The van der Waals surface area contributed by atoms with Crippen molar-refractivity contribution in [2.75, 3.05) is 5.32 Å². The van der Waals surface area contributed by atoms with Gasteiger partial charge in [0.25, 0.3) is 0 Å². The maximum absolute atomic E-state index is 11.4. The standard InChI is InChI=1S/C12H11NO4/c1-7(14)13-9-4-2-3-8(5-9)10-6-11(15)17-12(10)16/h2-5,10H,6H2,1H3,(H,13,14). The number of rotatable bonds is 2. The second-order valence-corrected chi connectivity index (χ2v) is 3.86. The van der Waals surface area contributed by atoms with E-state index in [1.54, 1.807) is 24.3 Å². The largest absolute Gasteiger partial charge is 0.393 e. The molecule has 88 valence electrons. The lowest BCUT2D eigenvalue weighted by Gasteiger charge is -2.07. The van der Waals surface area contributed by atoms with Crippen molar-refractivity contribution < 1.29 is 19.1 Å². The molecule has 17 heavy (non-hydrogen) atoms. The van der Waals surface area contributed by atoms with Crippen molar-refractivity contribution in [3.63, 3.8) is 0 Å². The van der Waals surface area contributed by atoms with Gasteiger partial charge < -0.3 is 10.1 Å². The number of esters is 2. The summed E-state index contributed by atoms with van der Waals surface area (Å²) in [6.45, 7) is 1.40. The van der Waals surface area contributed by atoms with Crippen molar-refractivity contribution in [3.05, 3.63) is 29.8 Å². The highest BCUT2D eigenvalue weighted by Gasteiger charge is 2.34. The van der Waals surface area contributed by atoms with Crippen molar-refractivity contribution in [3.8, 4) is 0 Å². The topological polar surface area (TPSA) is 72.5 Å². The van der Waals surface area contributed by atoms with E-state index in [4.69, 9.17) is 0 Å². The number of amides is 1. The molecule has 0 radical (unpaired) electrons. The van der Waals surface area contributed by atoms with Crippen LogP contribution < -0.4 is 5.32 Å². The summed E-state index contributed by atoms with van der Waals surface area (Å²) in [7, 11) is 0. The summed E-state index contributed by atoms with van der Waals surface area (Å²) >= 11 is 0. The molecule has 1 heterocycles. The Morgan fingerprint density at radius 1 is 1.41 bits per heavy atom. The Hall–Kier alpha value is -2.17. The number of carbonyl (C=O) groups excluding carboxylic acids is 3. The summed E-state index contributed by atoms with van der Waals surface area (Å²) < 4.78 is 4.48. The first kappa shape index (κ1) is 11.3. The maximum atomic E-state index is 11.4. The Balaban J connectivity index is 2.24. The highest BCUT2D eigenvalue weighted by atomic mass is 16.6. The fourth-order valence-corrected chi connectivity index (χ4v) is 1.77. The normalized spacial score (nSPS) is 19.0. The Labute approximate surface area is 97.8 Å². The summed E-state index contributed by atoms with van der Waals surface area (Å²) in [6, 6.07) is 6.84. The van der Waals surface area contributed by atoms with Crippen LogP contribution in [-0.4, -0.2) is 17.8 Å². The predicted octanol–water partition coefficient (Wildman–Crippen LogP) is 1.20. The minimum atomic E-state index is -0.559. The summed E-state index contributed by atoms with van der Waals surface area (Å²) in [5, 5.41) is 2.62. The van der Waals surface area contributed by atoms with Gasteiger partial charge in [-0.1, -0.05) is 12.1 Å². The second kappa shape index (κ2) is 4.37. The van der Waals surface area contributed by atoms with Gasteiger partial charge in [0.2, 0.25) is 5.91 Å². The van der Waals surface area contributed by atoms with Crippen LogP contribution in [0.2, 0.25) is 0 Å². The van der Waals surface area contributed by atoms with E-state index in [2.05, 4.69) is 10.1 Å². The molecule has 1 fully saturated rings. The van der Waals surface area contributed by atoms with E-state index in [-0.39, 0.29) is 12.3 Å². The zero-order valence-electron chi connectivity index (χ0n) is 9.23. The van der Waals surface area contributed by atoms with Crippen LogP contribution in [0.1, 0.15) is 24.8 Å². The number of ether oxygens (including phenoxy) is 1. The van der Waals surface area contributed by atoms with Crippen LogP contribution in [0.25, 0.3) is 0 Å². The van der Waals surface area contributed by atoms with Crippen LogP contribution in [0, 0.1) is 0 Å². The summed E-state index contributed by atoms with van der Waals surface area (Å²) in [4.78, 5) is 33.3. The Morgan fingerprint density at radius 3 is 2.76 bits per heavy atom. The zero-order valence-corrected chi connectivity index (χ0v) is 9.23.